The first kappa shape index (κ1) is 8.69. The van der Waals surface area contributed by atoms with Crippen LogP contribution < -0.4 is 10.9 Å². The van der Waals surface area contributed by atoms with Crippen molar-refractivity contribution in [2.75, 3.05) is 0 Å². The molecule has 0 bridgehead atoms. The Bertz CT molecular complexity index is 231. The van der Waals surface area contributed by atoms with E-state index in [2.05, 4.69) is 0 Å². The van der Waals surface area contributed by atoms with Gasteiger partial charge in [-0.25, -0.2) is 19.0 Å². The van der Waals surface area contributed by atoms with Crippen molar-refractivity contribution in [1.82, 2.24) is 10.9 Å². The van der Waals surface area contributed by atoms with E-state index in [-0.39, 0.29) is 0 Å². The van der Waals surface area contributed by atoms with Crippen molar-refractivity contribution in [3.05, 3.63) is 0 Å². The van der Waals surface area contributed by atoms with E-state index < -0.39 is 30.3 Å². The fourth-order valence-electron chi connectivity index (χ4n) is 0.700. The predicted molar refractivity (Wildman–Crippen MR) is 32.4 cm³/mol. The third-order valence-corrected chi connectivity index (χ3v) is 1.44. The molecule has 1 atom stereocenters. The van der Waals surface area contributed by atoms with Crippen LogP contribution in [0.2, 0.25) is 0 Å². The van der Waals surface area contributed by atoms with Gasteiger partial charge in [0.1, 0.15) is 5.92 Å². The molecule has 0 aromatic heterocycles. The van der Waals surface area contributed by atoms with Crippen LogP contribution in [0.1, 0.15) is 6.42 Å². The lowest BCUT2D eigenvalue weighted by molar-refractivity contribution is -0.125. The first-order chi connectivity index (χ1) is 5.43. The summed E-state index contributed by atoms with van der Waals surface area (Å²) in [4.78, 5) is 20.4. The molecule has 7 heteroatoms. The summed E-state index contributed by atoms with van der Waals surface area (Å²) in [5, 5.41) is 7.98. The summed E-state index contributed by atoms with van der Waals surface area (Å²) in [6.07, 6.45) is -2.01. The third kappa shape index (κ3) is 1.80. The van der Waals surface area contributed by atoms with E-state index in [4.69, 9.17) is 5.11 Å². The lowest BCUT2D eigenvalue weighted by atomic mass is 10.4. The Kier molecular flexibility index (Phi) is 1.87. The van der Waals surface area contributed by atoms with Crippen molar-refractivity contribution in [3.8, 4) is 0 Å². The largest absolute Gasteiger partial charge is 0.464 e. The van der Waals surface area contributed by atoms with Gasteiger partial charge < -0.3 is 5.11 Å². The van der Waals surface area contributed by atoms with Gasteiger partial charge in [-0.3, -0.25) is 10.2 Å². The SMILES string of the molecule is O=C(O)NNC(=O)C1CC1(F)F. The van der Waals surface area contributed by atoms with Crippen LogP contribution in [0, 0.1) is 5.92 Å². The van der Waals surface area contributed by atoms with E-state index in [0.717, 1.165) is 0 Å². The van der Waals surface area contributed by atoms with Gasteiger partial charge in [-0.05, 0) is 0 Å². The number of carbonyl (C=O) groups is 2. The van der Waals surface area contributed by atoms with E-state index in [1.54, 1.807) is 5.43 Å². The number of halogens is 2. The summed E-state index contributed by atoms with van der Waals surface area (Å²) in [6.45, 7) is 0. The number of hydrogen-bond donors (Lipinski definition) is 3. The monoisotopic (exact) mass is 180 g/mol. The molecule has 2 amide bonds. The average molecular weight is 180 g/mol. The highest BCUT2D eigenvalue weighted by molar-refractivity contribution is 5.84. The van der Waals surface area contributed by atoms with Crippen molar-refractivity contribution < 1.29 is 23.5 Å². The van der Waals surface area contributed by atoms with Crippen LogP contribution in [0.15, 0.2) is 0 Å². The molecule has 1 aliphatic rings. The molecule has 0 spiro atoms. The van der Waals surface area contributed by atoms with Crippen molar-refractivity contribution in [3.63, 3.8) is 0 Å². The Morgan fingerprint density at radius 2 is 1.92 bits per heavy atom. The molecular weight excluding hydrogens is 174 g/mol. The molecule has 0 heterocycles. The van der Waals surface area contributed by atoms with Crippen LogP contribution in [0.4, 0.5) is 13.6 Å². The maximum absolute atomic E-state index is 12.1. The number of amides is 2. The molecule has 1 unspecified atom stereocenters. The molecule has 0 aromatic carbocycles. The van der Waals surface area contributed by atoms with Crippen LogP contribution >= 0.6 is 0 Å². The number of hydrazine groups is 1. The molecule has 1 saturated carbocycles. The van der Waals surface area contributed by atoms with E-state index in [9.17, 15) is 18.4 Å². The highest BCUT2D eigenvalue weighted by atomic mass is 19.3. The second kappa shape index (κ2) is 2.58. The van der Waals surface area contributed by atoms with E-state index >= 15 is 0 Å². The standard InChI is InChI=1S/C5H6F2N2O3/c6-5(7)1-2(5)3(10)8-9-4(11)12/h2,9H,1H2,(H,8,10)(H,11,12). The van der Waals surface area contributed by atoms with Gasteiger partial charge in [-0.1, -0.05) is 0 Å². The summed E-state index contributed by atoms with van der Waals surface area (Å²) in [7, 11) is 0. The second-order valence-electron chi connectivity index (χ2n) is 2.44. The molecule has 0 aliphatic heterocycles. The van der Waals surface area contributed by atoms with Crippen molar-refractivity contribution in [1.29, 1.82) is 0 Å². The number of alkyl halides is 2. The fraction of sp³-hybridized carbons (Fsp3) is 0.600. The van der Waals surface area contributed by atoms with Crippen molar-refractivity contribution in [2.24, 2.45) is 5.92 Å². The molecule has 1 fully saturated rings. The number of carboxylic acid groups (broad SMARTS) is 1. The molecule has 12 heavy (non-hydrogen) atoms. The Labute approximate surface area is 65.7 Å². The minimum absolute atomic E-state index is 0.514. The van der Waals surface area contributed by atoms with Crippen LogP contribution in [0.25, 0.3) is 0 Å². The van der Waals surface area contributed by atoms with E-state index in [1.807, 2.05) is 0 Å². The summed E-state index contributed by atoms with van der Waals surface area (Å²) >= 11 is 0. The van der Waals surface area contributed by atoms with Gasteiger partial charge in [-0.2, -0.15) is 0 Å². The van der Waals surface area contributed by atoms with Gasteiger partial charge in [-0.15, -0.1) is 0 Å². The normalized spacial score (nSPS) is 24.3. The third-order valence-electron chi connectivity index (χ3n) is 1.44. The maximum atomic E-state index is 12.1. The summed E-state index contributed by atoms with van der Waals surface area (Å²) in [5.41, 5.74) is 3.12. The maximum Gasteiger partial charge on any atom is 0.423 e. The van der Waals surface area contributed by atoms with Gasteiger partial charge in [0.15, 0.2) is 0 Å². The highest BCUT2D eigenvalue weighted by Gasteiger charge is 2.61. The fourth-order valence-corrected chi connectivity index (χ4v) is 0.700. The number of rotatable bonds is 1. The van der Waals surface area contributed by atoms with Gasteiger partial charge in [0.05, 0.1) is 0 Å². The van der Waals surface area contributed by atoms with Gasteiger partial charge in [0.2, 0.25) is 5.91 Å². The number of nitrogens with one attached hydrogen (secondary N) is 2. The molecular formula is C5H6F2N2O3. The molecule has 1 aliphatic carbocycles. The summed E-state index contributed by atoms with van der Waals surface area (Å²) in [5.74, 6) is -5.35. The molecule has 0 aromatic rings. The Balaban J connectivity index is 2.27. The average Bonchev–Trinajstić information content (AvgIpc) is 2.55. The highest BCUT2D eigenvalue weighted by Crippen LogP contribution is 2.48. The van der Waals surface area contributed by atoms with Gasteiger partial charge in [0, 0.05) is 6.42 Å². The molecule has 3 N–H and O–H groups in total. The Hall–Kier alpha value is -1.40. The zero-order chi connectivity index (χ0) is 9.35. The summed E-state index contributed by atoms with van der Waals surface area (Å²) < 4.78 is 24.3. The first-order valence-electron chi connectivity index (χ1n) is 3.10. The Morgan fingerprint density at radius 3 is 2.25 bits per heavy atom. The van der Waals surface area contributed by atoms with E-state index in [0.29, 0.717) is 0 Å². The molecule has 1 rings (SSSR count). The minimum atomic E-state index is -2.97. The quantitative estimate of drug-likeness (QED) is 0.494. The van der Waals surface area contributed by atoms with Crippen molar-refractivity contribution in [2.45, 2.75) is 12.3 Å². The van der Waals surface area contributed by atoms with Crippen LogP contribution in [0.5, 0.6) is 0 Å². The second-order valence-corrected chi connectivity index (χ2v) is 2.44. The predicted octanol–water partition coefficient (Wildman–Crippen LogP) is -0.0596. The summed E-state index contributed by atoms with van der Waals surface area (Å²) in [6, 6.07) is 0. The zero-order valence-corrected chi connectivity index (χ0v) is 5.80. The lowest BCUT2D eigenvalue weighted by Gasteiger charge is -2.01. The van der Waals surface area contributed by atoms with Gasteiger partial charge in [0.25, 0.3) is 5.92 Å². The topological polar surface area (TPSA) is 78.4 Å². The van der Waals surface area contributed by atoms with Crippen LogP contribution in [-0.4, -0.2) is 23.0 Å². The number of carbonyl (C=O) groups excluding carboxylic acids is 1. The molecule has 5 nitrogen and oxygen atoms in total. The van der Waals surface area contributed by atoms with E-state index in [1.165, 1.54) is 5.43 Å². The smallest absolute Gasteiger partial charge is 0.423 e. The molecule has 0 saturated heterocycles. The zero-order valence-electron chi connectivity index (χ0n) is 5.80. The molecule has 68 valence electrons. The van der Waals surface area contributed by atoms with Crippen LogP contribution in [-0.2, 0) is 4.79 Å². The van der Waals surface area contributed by atoms with Crippen molar-refractivity contribution >= 4 is 12.0 Å². The number of hydrogen-bond acceptors (Lipinski definition) is 2. The van der Waals surface area contributed by atoms with Crippen LogP contribution in [0.3, 0.4) is 0 Å². The minimum Gasteiger partial charge on any atom is -0.464 e. The first-order valence-corrected chi connectivity index (χ1v) is 3.10. The molecule has 0 radical (unpaired) electrons. The Morgan fingerprint density at radius 1 is 1.42 bits per heavy atom. The van der Waals surface area contributed by atoms with Gasteiger partial charge >= 0.3 is 6.09 Å². The lowest BCUT2D eigenvalue weighted by Crippen LogP contribution is -2.42.